The molecule has 2 rings (SSSR count). The van der Waals surface area contributed by atoms with Crippen LogP contribution in [0.2, 0.25) is 0 Å². The summed E-state index contributed by atoms with van der Waals surface area (Å²) in [4.78, 5) is 27.5. The predicted molar refractivity (Wildman–Crippen MR) is 77.6 cm³/mol. The van der Waals surface area contributed by atoms with Crippen LogP contribution in [0.25, 0.3) is 0 Å². The molecule has 0 saturated carbocycles. The number of hydrogen-bond donors (Lipinski definition) is 4. The molecule has 9 heteroatoms. The van der Waals surface area contributed by atoms with E-state index in [2.05, 4.69) is 25.8 Å². The normalized spacial score (nSPS) is 10.1. The molecule has 1 aromatic heterocycles. The number of carbonyl (C=O) groups excluding carboxylic acids is 2. The van der Waals surface area contributed by atoms with Gasteiger partial charge in [0.15, 0.2) is 5.16 Å². The average Bonchev–Trinajstić information content (AvgIpc) is 3.00. The van der Waals surface area contributed by atoms with E-state index in [0.29, 0.717) is 10.8 Å². The molecule has 8 nitrogen and oxygen atoms in total. The summed E-state index contributed by atoms with van der Waals surface area (Å²) < 4.78 is 0. The van der Waals surface area contributed by atoms with Crippen molar-refractivity contribution in [2.45, 2.75) is 10.1 Å². The van der Waals surface area contributed by atoms with Gasteiger partial charge in [-0.25, -0.2) is 4.98 Å². The van der Waals surface area contributed by atoms with E-state index in [1.54, 1.807) is 12.1 Å². The molecule has 0 bridgehead atoms. The quantitative estimate of drug-likeness (QED) is 0.594. The second-order valence-corrected chi connectivity index (χ2v) is 5.01. The van der Waals surface area contributed by atoms with Crippen molar-refractivity contribution in [1.82, 2.24) is 20.5 Å². The Balaban J connectivity index is 1.84. The van der Waals surface area contributed by atoms with Gasteiger partial charge < -0.3 is 16.4 Å². The largest absolute Gasteiger partial charge is 0.346 e. The molecule has 0 atom stereocenters. The van der Waals surface area contributed by atoms with Crippen LogP contribution in [-0.2, 0) is 9.59 Å². The molecule has 21 heavy (non-hydrogen) atoms. The van der Waals surface area contributed by atoms with Gasteiger partial charge in [-0.2, -0.15) is 5.10 Å². The van der Waals surface area contributed by atoms with E-state index in [-0.39, 0.29) is 24.9 Å². The summed E-state index contributed by atoms with van der Waals surface area (Å²) in [6.07, 6.45) is 1.44. The molecule has 2 aromatic rings. The fourth-order valence-electron chi connectivity index (χ4n) is 1.42. The number of rotatable bonds is 6. The Labute approximate surface area is 124 Å². The maximum atomic E-state index is 11.6. The Kier molecular flexibility index (Phi) is 5.29. The molecule has 0 aliphatic heterocycles. The van der Waals surface area contributed by atoms with E-state index in [1.165, 1.54) is 18.1 Å². The number of nitrogens with zero attached hydrogens (tertiary/aromatic N) is 2. The number of nitrogens with one attached hydrogen (secondary N) is 3. The molecule has 2 amide bonds. The topological polar surface area (TPSA) is 126 Å². The van der Waals surface area contributed by atoms with Crippen LogP contribution < -0.4 is 16.4 Å². The average molecular weight is 306 g/mol. The molecule has 0 aliphatic carbocycles. The second kappa shape index (κ2) is 7.41. The van der Waals surface area contributed by atoms with Crippen molar-refractivity contribution in [3.8, 4) is 0 Å². The molecule has 0 spiro atoms. The van der Waals surface area contributed by atoms with Crippen molar-refractivity contribution in [2.75, 3.05) is 18.4 Å². The van der Waals surface area contributed by atoms with Gasteiger partial charge in [-0.1, -0.05) is 11.8 Å². The van der Waals surface area contributed by atoms with Gasteiger partial charge in [0.25, 0.3) is 0 Å². The van der Waals surface area contributed by atoms with Gasteiger partial charge in [0.05, 0.1) is 13.1 Å². The second-order valence-electron chi connectivity index (χ2n) is 3.95. The number of H-pyrrole nitrogens is 1. The zero-order chi connectivity index (χ0) is 15.1. The maximum Gasteiger partial charge on any atom is 0.243 e. The molecule has 1 aromatic carbocycles. The monoisotopic (exact) mass is 306 g/mol. The summed E-state index contributed by atoms with van der Waals surface area (Å²) in [5, 5.41) is 12.3. The van der Waals surface area contributed by atoms with Gasteiger partial charge in [-0.3, -0.25) is 14.7 Å². The Morgan fingerprint density at radius 2 is 2.00 bits per heavy atom. The number of hydrogen-bond acceptors (Lipinski definition) is 6. The van der Waals surface area contributed by atoms with Crippen molar-refractivity contribution in [3.05, 3.63) is 30.6 Å². The van der Waals surface area contributed by atoms with Crippen LogP contribution in [0, 0.1) is 0 Å². The molecule has 5 N–H and O–H groups in total. The number of benzene rings is 1. The predicted octanol–water partition coefficient (Wildman–Crippen LogP) is -0.0307. The first-order valence-corrected chi connectivity index (χ1v) is 6.89. The molecule has 110 valence electrons. The number of anilines is 1. The van der Waals surface area contributed by atoms with Gasteiger partial charge in [0, 0.05) is 10.6 Å². The van der Waals surface area contributed by atoms with Crippen molar-refractivity contribution >= 4 is 29.3 Å². The van der Waals surface area contributed by atoms with Gasteiger partial charge >= 0.3 is 0 Å². The van der Waals surface area contributed by atoms with Crippen LogP contribution >= 0.6 is 11.8 Å². The smallest absolute Gasteiger partial charge is 0.243 e. The lowest BCUT2D eigenvalue weighted by Gasteiger charge is -2.06. The third-order valence-electron chi connectivity index (χ3n) is 2.38. The summed E-state index contributed by atoms with van der Waals surface area (Å²) >= 11 is 1.43. The molecule has 0 aliphatic rings. The Morgan fingerprint density at radius 3 is 2.62 bits per heavy atom. The zero-order valence-corrected chi connectivity index (χ0v) is 11.8. The number of nitrogens with two attached hydrogens (primary N) is 1. The fourth-order valence-corrected chi connectivity index (χ4v) is 2.11. The lowest BCUT2D eigenvalue weighted by molar-refractivity contribution is -0.123. The zero-order valence-electron chi connectivity index (χ0n) is 11.0. The van der Waals surface area contributed by atoms with Crippen molar-refractivity contribution in [1.29, 1.82) is 0 Å². The molecule has 0 fully saturated rings. The summed E-state index contributed by atoms with van der Waals surface area (Å²) in [5.74, 6) is -0.684. The Morgan fingerprint density at radius 1 is 1.24 bits per heavy atom. The highest BCUT2D eigenvalue weighted by atomic mass is 32.2. The summed E-state index contributed by atoms with van der Waals surface area (Å²) in [7, 11) is 0. The van der Waals surface area contributed by atoms with Crippen LogP contribution in [0.3, 0.4) is 0 Å². The summed E-state index contributed by atoms with van der Waals surface area (Å²) in [5.41, 5.74) is 5.77. The third kappa shape index (κ3) is 4.89. The highest BCUT2D eigenvalue weighted by Gasteiger charge is 2.05. The number of aromatic nitrogens is 3. The summed E-state index contributed by atoms with van der Waals surface area (Å²) in [6, 6.07) is 7.23. The molecule has 1 heterocycles. The van der Waals surface area contributed by atoms with Crippen LogP contribution in [0.1, 0.15) is 0 Å². The molecular weight excluding hydrogens is 292 g/mol. The number of aromatic amines is 1. The van der Waals surface area contributed by atoms with E-state index in [9.17, 15) is 9.59 Å². The van der Waals surface area contributed by atoms with Gasteiger partial charge in [-0.05, 0) is 24.3 Å². The van der Waals surface area contributed by atoms with E-state index in [0.717, 1.165) is 4.90 Å². The Bertz CT molecular complexity index is 599. The van der Waals surface area contributed by atoms with Crippen molar-refractivity contribution in [3.63, 3.8) is 0 Å². The van der Waals surface area contributed by atoms with E-state index < -0.39 is 0 Å². The standard InChI is InChI=1S/C12H14N6O2S/c13-5-10(19)14-6-11(20)17-8-1-3-9(4-2-8)21-12-15-7-16-18-12/h1-4,7H,5-6,13H2,(H,14,19)(H,17,20)(H,15,16,18). The van der Waals surface area contributed by atoms with Gasteiger partial charge in [-0.15, -0.1) is 0 Å². The Hall–Kier alpha value is -2.39. The number of amides is 2. The number of carbonyl (C=O) groups is 2. The van der Waals surface area contributed by atoms with E-state index in [4.69, 9.17) is 5.73 Å². The highest BCUT2D eigenvalue weighted by Crippen LogP contribution is 2.24. The van der Waals surface area contributed by atoms with Gasteiger partial charge in [0.1, 0.15) is 6.33 Å². The molecular formula is C12H14N6O2S. The van der Waals surface area contributed by atoms with Crippen molar-refractivity contribution in [2.24, 2.45) is 5.73 Å². The first kappa shape index (κ1) is 15.0. The minimum absolute atomic E-state index is 0.107. The highest BCUT2D eigenvalue weighted by molar-refractivity contribution is 7.99. The SMILES string of the molecule is NCC(=O)NCC(=O)Nc1ccc(Sc2ncn[nH]2)cc1. The van der Waals surface area contributed by atoms with Crippen LogP contribution in [0.5, 0.6) is 0 Å². The molecule has 0 radical (unpaired) electrons. The fraction of sp³-hybridized carbons (Fsp3) is 0.167. The molecule has 0 unspecified atom stereocenters. The minimum atomic E-state index is -0.371. The van der Waals surface area contributed by atoms with Crippen LogP contribution in [-0.4, -0.2) is 40.1 Å². The summed E-state index contributed by atoms with van der Waals surface area (Å²) in [6.45, 7) is -0.245. The van der Waals surface area contributed by atoms with E-state index in [1.807, 2.05) is 12.1 Å². The van der Waals surface area contributed by atoms with Crippen molar-refractivity contribution < 1.29 is 9.59 Å². The van der Waals surface area contributed by atoms with E-state index >= 15 is 0 Å². The van der Waals surface area contributed by atoms with Crippen LogP contribution in [0.15, 0.2) is 40.6 Å². The first-order chi connectivity index (χ1) is 10.2. The van der Waals surface area contributed by atoms with Crippen LogP contribution in [0.4, 0.5) is 5.69 Å². The molecule has 0 saturated heterocycles. The first-order valence-electron chi connectivity index (χ1n) is 6.07. The lowest BCUT2D eigenvalue weighted by Crippen LogP contribution is -2.36. The van der Waals surface area contributed by atoms with Gasteiger partial charge in [0.2, 0.25) is 11.8 Å². The minimum Gasteiger partial charge on any atom is -0.346 e. The lowest BCUT2D eigenvalue weighted by atomic mass is 10.3. The third-order valence-corrected chi connectivity index (χ3v) is 3.27. The maximum absolute atomic E-state index is 11.6.